The topological polar surface area (TPSA) is 32.3 Å². The van der Waals surface area contributed by atoms with Gasteiger partial charge in [0.2, 0.25) is 0 Å². The molecule has 3 nitrogen and oxygen atoms in total. The Morgan fingerprint density at radius 3 is 2.76 bits per heavy atom. The minimum atomic E-state index is -0.120. The molecule has 2 aliphatic heterocycles. The van der Waals surface area contributed by atoms with Crippen molar-refractivity contribution in [2.45, 2.75) is 44.3 Å². The standard InChI is InChI=1S/C21H23ClN2O/c22-19-10-4-3-9-18(19)21(25)23-14-15-6-1-2-8-17(15)20-12-11-16-7-5-13-24(16)20/h1-4,6,8-10,16,20H,5,7,11-14H2,(H,23,25). The number of amides is 1. The summed E-state index contributed by atoms with van der Waals surface area (Å²) in [5.41, 5.74) is 3.11. The highest BCUT2D eigenvalue weighted by Crippen LogP contribution is 2.42. The molecular formula is C21H23ClN2O. The van der Waals surface area contributed by atoms with Crippen molar-refractivity contribution in [3.8, 4) is 0 Å². The van der Waals surface area contributed by atoms with Crippen molar-refractivity contribution in [2.24, 2.45) is 0 Å². The average molecular weight is 355 g/mol. The zero-order valence-corrected chi connectivity index (χ0v) is 15.0. The Morgan fingerprint density at radius 2 is 1.88 bits per heavy atom. The minimum absolute atomic E-state index is 0.120. The molecule has 0 bridgehead atoms. The fourth-order valence-electron chi connectivity index (χ4n) is 4.36. The van der Waals surface area contributed by atoms with Crippen LogP contribution in [0.25, 0.3) is 0 Å². The van der Waals surface area contributed by atoms with Crippen LogP contribution in [0.15, 0.2) is 48.5 Å². The molecule has 0 aliphatic carbocycles. The van der Waals surface area contributed by atoms with E-state index >= 15 is 0 Å². The Morgan fingerprint density at radius 1 is 1.08 bits per heavy atom. The molecule has 2 atom stereocenters. The van der Waals surface area contributed by atoms with Gasteiger partial charge in [0.1, 0.15) is 0 Å². The van der Waals surface area contributed by atoms with Crippen molar-refractivity contribution in [3.05, 3.63) is 70.2 Å². The number of hydrogen-bond acceptors (Lipinski definition) is 2. The van der Waals surface area contributed by atoms with Gasteiger partial charge in [0.05, 0.1) is 10.6 Å². The molecule has 1 N–H and O–H groups in total. The molecule has 0 spiro atoms. The van der Waals surface area contributed by atoms with Gasteiger partial charge in [-0.3, -0.25) is 9.69 Å². The first-order valence-electron chi connectivity index (χ1n) is 9.10. The highest BCUT2D eigenvalue weighted by atomic mass is 35.5. The molecule has 2 fully saturated rings. The molecule has 0 saturated carbocycles. The Balaban J connectivity index is 1.50. The third-order valence-electron chi connectivity index (χ3n) is 5.57. The number of nitrogens with one attached hydrogen (secondary N) is 1. The van der Waals surface area contributed by atoms with Crippen molar-refractivity contribution in [3.63, 3.8) is 0 Å². The Labute approximate surface area is 154 Å². The van der Waals surface area contributed by atoms with E-state index in [-0.39, 0.29) is 5.91 Å². The van der Waals surface area contributed by atoms with Gasteiger partial charge in [-0.15, -0.1) is 0 Å². The van der Waals surface area contributed by atoms with E-state index < -0.39 is 0 Å². The number of nitrogens with zero attached hydrogens (tertiary/aromatic N) is 1. The summed E-state index contributed by atoms with van der Waals surface area (Å²) in [4.78, 5) is 15.1. The van der Waals surface area contributed by atoms with E-state index in [1.807, 2.05) is 12.1 Å². The third kappa shape index (κ3) is 3.31. The summed E-state index contributed by atoms with van der Waals surface area (Å²) in [6.07, 6.45) is 5.17. The maximum absolute atomic E-state index is 12.4. The number of fused-ring (bicyclic) bond motifs is 1. The molecule has 2 heterocycles. The van der Waals surface area contributed by atoms with Gasteiger partial charge in [-0.2, -0.15) is 0 Å². The average Bonchev–Trinajstić information content (AvgIpc) is 3.24. The van der Waals surface area contributed by atoms with Gasteiger partial charge in [-0.05, 0) is 55.5 Å². The van der Waals surface area contributed by atoms with Crippen LogP contribution in [0.1, 0.15) is 53.2 Å². The Bertz CT molecular complexity index is 776. The zero-order valence-electron chi connectivity index (χ0n) is 14.2. The molecule has 4 heteroatoms. The van der Waals surface area contributed by atoms with E-state index in [1.165, 1.54) is 43.4 Å². The number of hydrogen-bond donors (Lipinski definition) is 1. The number of carbonyl (C=O) groups is 1. The van der Waals surface area contributed by atoms with Crippen LogP contribution in [0, 0.1) is 0 Å². The zero-order chi connectivity index (χ0) is 17.2. The second kappa shape index (κ2) is 7.19. The quantitative estimate of drug-likeness (QED) is 0.872. The monoisotopic (exact) mass is 354 g/mol. The number of benzene rings is 2. The molecule has 2 unspecified atom stereocenters. The summed E-state index contributed by atoms with van der Waals surface area (Å²) in [6, 6.07) is 17.0. The molecule has 4 rings (SSSR count). The second-order valence-electron chi connectivity index (χ2n) is 6.99. The highest BCUT2D eigenvalue weighted by Gasteiger charge is 2.37. The lowest BCUT2D eigenvalue weighted by atomic mass is 9.97. The van der Waals surface area contributed by atoms with E-state index in [2.05, 4.69) is 34.5 Å². The molecule has 2 aliphatic rings. The number of halogens is 1. The van der Waals surface area contributed by atoms with Crippen molar-refractivity contribution >= 4 is 17.5 Å². The van der Waals surface area contributed by atoms with Gasteiger partial charge < -0.3 is 5.32 Å². The van der Waals surface area contributed by atoms with E-state index in [4.69, 9.17) is 11.6 Å². The summed E-state index contributed by atoms with van der Waals surface area (Å²) < 4.78 is 0. The van der Waals surface area contributed by atoms with E-state index in [0.717, 1.165) is 6.04 Å². The van der Waals surface area contributed by atoms with Crippen LogP contribution in [0.4, 0.5) is 0 Å². The van der Waals surface area contributed by atoms with E-state index in [9.17, 15) is 4.79 Å². The van der Waals surface area contributed by atoms with Crippen LogP contribution >= 0.6 is 11.6 Å². The van der Waals surface area contributed by atoms with Crippen LogP contribution in [0.3, 0.4) is 0 Å². The third-order valence-corrected chi connectivity index (χ3v) is 5.90. The van der Waals surface area contributed by atoms with Crippen molar-refractivity contribution < 1.29 is 4.79 Å². The predicted molar refractivity (Wildman–Crippen MR) is 101 cm³/mol. The summed E-state index contributed by atoms with van der Waals surface area (Å²) in [7, 11) is 0. The van der Waals surface area contributed by atoms with Crippen LogP contribution in [-0.4, -0.2) is 23.4 Å². The maximum atomic E-state index is 12.4. The van der Waals surface area contributed by atoms with Crippen molar-refractivity contribution in [2.75, 3.05) is 6.54 Å². The van der Waals surface area contributed by atoms with Gasteiger partial charge in [0, 0.05) is 18.6 Å². The summed E-state index contributed by atoms with van der Waals surface area (Å²) >= 11 is 6.13. The molecule has 2 saturated heterocycles. The minimum Gasteiger partial charge on any atom is -0.348 e. The first-order valence-corrected chi connectivity index (χ1v) is 9.48. The van der Waals surface area contributed by atoms with E-state index in [1.54, 1.807) is 12.1 Å². The van der Waals surface area contributed by atoms with Gasteiger partial charge in [0.25, 0.3) is 5.91 Å². The molecule has 0 radical (unpaired) electrons. The first-order chi connectivity index (χ1) is 12.2. The summed E-state index contributed by atoms with van der Waals surface area (Å²) in [5, 5.41) is 3.53. The lowest BCUT2D eigenvalue weighted by Crippen LogP contribution is -2.28. The van der Waals surface area contributed by atoms with Crippen LogP contribution in [0.5, 0.6) is 0 Å². The summed E-state index contributed by atoms with van der Waals surface area (Å²) in [5.74, 6) is -0.120. The first kappa shape index (κ1) is 16.6. The molecular weight excluding hydrogens is 332 g/mol. The van der Waals surface area contributed by atoms with E-state index in [0.29, 0.717) is 23.2 Å². The lowest BCUT2D eigenvalue weighted by Gasteiger charge is -2.26. The SMILES string of the molecule is O=C(NCc1ccccc1C1CCC2CCCN21)c1ccccc1Cl. The highest BCUT2D eigenvalue weighted by molar-refractivity contribution is 6.33. The molecule has 130 valence electrons. The normalized spacial score (nSPS) is 22.8. The van der Waals surface area contributed by atoms with Crippen LogP contribution in [-0.2, 0) is 6.54 Å². The smallest absolute Gasteiger partial charge is 0.253 e. The summed E-state index contributed by atoms with van der Waals surface area (Å²) in [6.45, 7) is 1.74. The fourth-order valence-corrected chi connectivity index (χ4v) is 4.59. The molecule has 2 aromatic rings. The molecule has 0 aromatic heterocycles. The van der Waals surface area contributed by atoms with Gasteiger partial charge >= 0.3 is 0 Å². The predicted octanol–water partition coefficient (Wildman–Crippen LogP) is 4.57. The van der Waals surface area contributed by atoms with Gasteiger partial charge in [-0.1, -0.05) is 48.0 Å². The van der Waals surface area contributed by atoms with Crippen molar-refractivity contribution in [1.29, 1.82) is 0 Å². The molecule has 2 aromatic carbocycles. The number of carbonyl (C=O) groups excluding carboxylic acids is 1. The maximum Gasteiger partial charge on any atom is 0.253 e. The largest absolute Gasteiger partial charge is 0.348 e. The number of rotatable bonds is 4. The fraction of sp³-hybridized carbons (Fsp3) is 0.381. The molecule has 1 amide bonds. The Kier molecular flexibility index (Phi) is 4.78. The Hall–Kier alpha value is -1.84. The van der Waals surface area contributed by atoms with Gasteiger partial charge in [-0.25, -0.2) is 0 Å². The second-order valence-corrected chi connectivity index (χ2v) is 7.40. The van der Waals surface area contributed by atoms with Crippen molar-refractivity contribution in [1.82, 2.24) is 10.2 Å². The van der Waals surface area contributed by atoms with Crippen LogP contribution in [0.2, 0.25) is 5.02 Å². The van der Waals surface area contributed by atoms with Gasteiger partial charge in [0.15, 0.2) is 0 Å². The lowest BCUT2D eigenvalue weighted by molar-refractivity contribution is 0.0950. The molecule has 25 heavy (non-hydrogen) atoms. The van der Waals surface area contributed by atoms with Crippen LogP contribution < -0.4 is 5.32 Å².